The quantitative estimate of drug-likeness (QED) is 0.570. The molecule has 0 N–H and O–H groups in total. The number of allylic oxidation sites excluding steroid dienone is 3. The maximum atomic E-state index is 14.5. The van der Waals surface area contributed by atoms with Crippen LogP contribution in [0.3, 0.4) is 0 Å². The van der Waals surface area contributed by atoms with Gasteiger partial charge in [0, 0.05) is 27.8 Å². The molecule has 0 aromatic heterocycles. The molecule has 5 heteroatoms. The summed E-state index contributed by atoms with van der Waals surface area (Å²) in [5, 5.41) is 0.0182. The van der Waals surface area contributed by atoms with E-state index in [0.29, 0.717) is 17.0 Å². The van der Waals surface area contributed by atoms with Crippen molar-refractivity contribution in [3.05, 3.63) is 93.1 Å². The van der Waals surface area contributed by atoms with Gasteiger partial charge in [-0.15, -0.1) is 0 Å². The first-order valence-corrected chi connectivity index (χ1v) is 8.32. The van der Waals surface area contributed by atoms with E-state index in [4.69, 9.17) is 11.6 Å². The van der Waals surface area contributed by atoms with Crippen molar-refractivity contribution in [2.45, 2.75) is 0 Å². The van der Waals surface area contributed by atoms with Crippen LogP contribution < -0.4 is 0 Å². The molecule has 0 aliphatic carbocycles. The zero-order valence-electron chi connectivity index (χ0n) is 12.8. The molecule has 0 amide bonds. The lowest BCUT2D eigenvalue weighted by molar-refractivity contribution is 0.550. The average molecular weight is 409 g/mol. The van der Waals surface area contributed by atoms with Gasteiger partial charge in [0.2, 0.25) is 0 Å². The Labute approximate surface area is 152 Å². The van der Waals surface area contributed by atoms with Crippen molar-refractivity contribution in [2.24, 2.45) is 0 Å². The third-order valence-electron chi connectivity index (χ3n) is 3.87. The van der Waals surface area contributed by atoms with Gasteiger partial charge in [0.1, 0.15) is 11.6 Å². The lowest BCUT2D eigenvalue weighted by Gasteiger charge is -2.31. The van der Waals surface area contributed by atoms with Gasteiger partial charge >= 0.3 is 0 Å². The second-order valence-corrected chi connectivity index (χ2v) is 6.66. The molecule has 1 nitrogen and oxygen atoms in total. The van der Waals surface area contributed by atoms with Crippen molar-refractivity contribution in [3.63, 3.8) is 0 Å². The molecule has 0 spiro atoms. The molecule has 1 heterocycles. The molecule has 0 fully saturated rings. The molecule has 0 bridgehead atoms. The summed E-state index contributed by atoms with van der Waals surface area (Å²) < 4.78 is 29.8. The van der Waals surface area contributed by atoms with Gasteiger partial charge < -0.3 is 4.90 Å². The Morgan fingerprint density at radius 1 is 1.08 bits per heavy atom. The first kappa shape index (κ1) is 16.9. The van der Waals surface area contributed by atoms with E-state index in [2.05, 4.69) is 22.5 Å². The fourth-order valence-electron chi connectivity index (χ4n) is 2.66. The molecular weight excluding hydrogens is 396 g/mol. The molecular formula is C19H13BrClF2N. The van der Waals surface area contributed by atoms with Gasteiger partial charge in [0.25, 0.3) is 0 Å². The number of benzene rings is 2. The SMILES string of the molecule is C=C1C(Br)=CC(c2ccccc2)=C(c2c(F)cc(Cl)cc2F)N1C. The zero-order valence-corrected chi connectivity index (χ0v) is 15.1. The van der Waals surface area contributed by atoms with Crippen molar-refractivity contribution >= 4 is 38.8 Å². The molecule has 1 aliphatic heterocycles. The maximum Gasteiger partial charge on any atom is 0.136 e. The van der Waals surface area contributed by atoms with E-state index >= 15 is 0 Å². The van der Waals surface area contributed by atoms with Crippen LogP contribution in [0.1, 0.15) is 11.1 Å². The van der Waals surface area contributed by atoms with Gasteiger partial charge in [-0.2, -0.15) is 0 Å². The van der Waals surface area contributed by atoms with E-state index in [-0.39, 0.29) is 10.6 Å². The standard InChI is InChI=1S/C19H13BrClF2N/c1-11-15(20)10-14(12-6-4-3-5-7-12)19(24(11)2)18-16(22)8-13(21)9-17(18)23/h3-10H,1H2,2H3. The summed E-state index contributed by atoms with van der Waals surface area (Å²) in [6.45, 7) is 3.96. The Kier molecular flexibility index (Phi) is 4.61. The highest BCUT2D eigenvalue weighted by molar-refractivity contribution is 9.12. The van der Waals surface area contributed by atoms with Gasteiger partial charge in [-0.3, -0.25) is 0 Å². The number of hydrogen-bond donors (Lipinski definition) is 0. The molecule has 2 aromatic rings. The van der Waals surface area contributed by atoms with Crippen LogP contribution in [-0.4, -0.2) is 11.9 Å². The minimum Gasteiger partial charge on any atom is -0.343 e. The van der Waals surface area contributed by atoms with E-state index < -0.39 is 11.6 Å². The van der Waals surface area contributed by atoms with Crippen LogP contribution in [0.25, 0.3) is 11.3 Å². The average Bonchev–Trinajstić information content (AvgIpc) is 2.54. The van der Waals surface area contributed by atoms with Gasteiger partial charge in [-0.05, 0) is 39.7 Å². The summed E-state index contributed by atoms with van der Waals surface area (Å²) in [7, 11) is 1.72. The van der Waals surface area contributed by atoms with Gasteiger partial charge in [-0.25, -0.2) is 8.78 Å². The molecule has 2 aromatic carbocycles. The molecule has 3 rings (SSSR count). The number of likely N-dealkylation sites (N-methyl/N-ethyl adjacent to an activating group) is 1. The molecule has 0 saturated heterocycles. The number of rotatable bonds is 2. The smallest absolute Gasteiger partial charge is 0.136 e. The Morgan fingerprint density at radius 3 is 2.25 bits per heavy atom. The van der Waals surface area contributed by atoms with Crippen LogP contribution in [0, 0.1) is 11.6 Å². The largest absolute Gasteiger partial charge is 0.343 e. The summed E-state index contributed by atoms with van der Waals surface area (Å²) in [4.78, 5) is 1.67. The lowest BCUT2D eigenvalue weighted by Crippen LogP contribution is -2.21. The molecule has 1 aliphatic rings. The van der Waals surface area contributed by atoms with Crippen molar-refractivity contribution in [1.82, 2.24) is 4.90 Å². The van der Waals surface area contributed by atoms with Crippen molar-refractivity contribution in [1.29, 1.82) is 0 Å². The van der Waals surface area contributed by atoms with Crippen LogP contribution in [-0.2, 0) is 0 Å². The number of halogens is 4. The third-order valence-corrected chi connectivity index (χ3v) is 4.78. The molecule has 0 unspecified atom stereocenters. The monoisotopic (exact) mass is 407 g/mol. The summed E-state index contributed by atoms with van der Waals surface area (Å²) >= 11 is 9.21. The van der Waals surface area contributed by atoms with Crippen molar-refractivity contribution in [3.8, 4) is 0 Å². The van der Waals surface area contributed by atoms with Crippen LogP contribution in [0.15, 0.2) is 65.3 Å². The highest BCUT2D eigenvalue weighted by Crippen LogP contribution is 2.41. The second kappa shape index (κ2) is 6.54. The molecule has 24 heavy (non-hydrogen) atoms. The van der Waals surface area contributed by atoms with E-state index in [9.17, 15) is 8.78 Å². The zero-order chi connectivity index (χ0) is 17.4. The summed E-state index contributed by atoms with van der Waals surface area (Å²) in [6.07, 6.45) is 1.82. The normalized spacial score (nSPS) is 15.0. The van der Waals surface area contributed by atoms with E-state index in [1.54, 1.807) is 11.9 Å². The lowest BCUT2D eigenvalue weighted by atomic mass is 9.94. The minimum atomic E-state index is -0.713. The van der Waals surface area contributed by atoms with E-state index in [1.807, 2.05) is 36.4 Å². The first-order valence-electron chi connectivity index (χ1n) is 7.15. The highest BCUT2D eigenvalue weighted by Gasteiger charge is 2.27. The Balaban J connectivity index is 2.36. The van der Waals surface area contributed by atoms with Crippen LogP contribution in [0.5, 0.6) is 0 Å². The fourth-order valence-corrected chi connectivity index (χ4v) is 3.35. The summed E-state index contributed by atoms with van der Waals surface area (Å²) in [5.74, 6) is -1.43. The Bertz CT molecular complexity index is 864. The highest BCUT2D eigenvalue weighted by atomic mass is 79.9. The van der Waals surface area contributed by atoms with Crippen LogP contribution >= 0.6 is 27.5 Å². The van der Waals surface area contributed by atoms with Crippen molar-refractivity contribution in [2.75, 3.05) is 7.05 Å². The van der Waals surface area contributed by atoms with Crippen molar-refractivity contribution < 1.29 is 8.78 Å². The minimum absolute atomic E-state index is 0.0182. The topological polar surface area (TPSA) is 3.24 Å². The molecule has 122 valence electrons. The number of hydrogen-bond acceptors (Lipinski definition) is 1. The van der Waals surface area contributed by atoms with Gasteiger partial charge in [0.15, 0.2) is 0 Å². The summed E-state index contributed by atoms with van der Waals surface area (Å²) in [5.41, 5.74) is 2.42. The third kappa shape index (κ3) is 2.92. The second-order valence-electron chi connectivity index (χ2n) is 5.37. The van der Waals surface area contributed by atoms with Gasteiger partial charge in [-0.1, -0.05) is 48.5 Å². The predicted octanol–water partition coefficient (Wildman–Crippen LogP) is 6.22. The van der Waals surface area contributed by atoms with Crippen LogP contribution in [0.4, 0.5) is 8.78 Å². The Hall–Kier alpha value is -1.91. The van der Waals surface area contributed by atoms with Gasteiger partial charge in [0.05, 0.1) is 11.3 Å². The molecule has 0 atom stereocenters. The van der Waals surface area contributed by atoms with Crippen LogP contribution in [0.2, 0.25) is 5.02 Å². The molecule has 0 radical (unpaired) electrons. The first-order chi connectivity index (χ1) is 11.4. The fraction of sp³-hybridized carbons (Fsp3) is 0.0526. The number of nitrogens with zero attached hydrogens (tertiary/aromatic N) is 1. The molecule has 0 saturated carbocycles. The predicted molar refractivity (Wildman–Crippen MR) is 98.5 cm³/mol. The maximum absolute atomic E-state index is 14.5. The Morgan fingerprint density at radius 2 is 1.67 bits per heavy atom. The van der Waals surface area contributed by atoms with E-state index in [0.717, 1.165) is 22.2 Å². The summed E-state index contributed by atoms with van der Waals surface area (Å²) in [6, 6.07) is 11.6. The van der Waals surface area contributed by atoms with E-state index in [1.165, 1.54) is 0 Å².